The van der Waals surface area contributed by atoms with Crippen LogP contribution < -0.4 is 5.32 Å². The molecule has 16 heavy (non-hydrogen) atoms. The molecule has 3 nitrogen and oxygen atoms in total. The Labute approximate surface area is 97.6 Å². The zero-order chi connectivity index (χ0) is 11.4. The van der Waals surface area contributed by atoms with Gasteiger partial charge in [0.25, 0.3) is 0 Å². The van der Waals surface area contributed by atoms with Crippen molar-refractivity contribution < 1.29 is 4.42 Å². The van der Waals surface area contributed by atoms with Gasteiger partial charge < -0.3 is 9.73 Å². The first kappa shape index (κ1) is 11.6. The van der Waals surface area contributed by atoms with Crippen LogP contribution in [0.25, 0.3) is 0 Å². The quantitative estimate of drug-likeness (QED) is 0.778. The second kappa shape index (κ2) is 5.48. The molecule has 0 radical (unpaired) electrons. The van der Waals surface area contributed by atoms with Crippen LogP contribution in [0, 0.1) is 5.92 Å². The van der Waals surface area contributed by atoms with Crippen molar-refractivity contribution >= 4 is 0 Å². The Morgan fingerprint density at radius 3 is 3.06 bits per heavy atom. The lowest BCUT2D eigenvalue weighted by Gasteiger charge is -2.10. The smallest absolute Gasteiger partial charge is 0.195 e. The summed E-state index contributed by atoms with van der Waals surface area (Å²) in [6.45, 7) is 6.39. The third-order valence-corrected chi connectivity index (χ3v) is 3.56. The minimum atomic E-state index is 0.611. The van der Waals surface area contributed by atoms with Crippen molar-refractivity contribution in [2.75, 3.05) is 13.1 Å². The van der Waals surface area contributed by atoms with Crippen LogP contribution >= 0.6 is 0 Å². The molecule has 3 heteroatoms. The number of nitrogens with zero attached hydrogens (tertiary/aromatic N) is 1. The third-order valence-electron chi connectivity index (χ3n) is 3.56. The van der Waals surface area contributed by atoms with Gasteiger partial charge in [-0.15, -0.1) is 0 Å². The number of likely N-dealkylation sites (N-methyl/N-ethyl adjacent to an activating group) is 1. The molecule has 1 aromatic rings. The van der Waals surface area contributed by atoms with E-state index in [0.717, 1.165) is 37.1 Å². The van der Waals surface area contributed by atoms with Gasteiger partial charge in [-0.1, -0.05) is 20.3 Å². The highest BCUT2D eigenvalue weighted by atomic mass is 16.4. The SMILES string of the molecule is CCNCCc1ncc(C2CCCC2C)o1. The molecule has 0 spiro atoms. The van der Waals surface area contributed by atoms with Crippen LogP contribution in [0.2, 0.25) is 0 Å². The van der Waals surface area contributed by atoms with E-state index in [1.54, 1.807) is 0 Å². The fourth-order valence-corrected chi connectivity index (χ4v) is 2.55. The van der Waals surface area contributed by atoms with Gasteiger partial charge in [0.15, 0.2) is 5.89 Å². The minimum Gasteiger partial charge on any atom is -0.445 e. The van der Waals surface area contributed by atoms with E-state index < -0.39 is 0 Å². The summed E-state index contributed by atoms with van der Waals surface area (Å²) >= 11 is 0. The van der Waals surface area contributed by atoms with Gasteiger partial charge in [0.2, 0.25) is 0 Å². The molecule has 0 bridgehead atoms. The van der Waals surface area contributed by atoms with Crippen molar-refractivity contribution in [2.45, 2.75) is 45.4 Å². The van der Waals surface area contributed by atoms with E-state index in [1.807, 2.05) is 6.20 Å². The van der Waals surface area contributed by atoms with Crippen LogP contribution in [-0.2, 0) is 6.42 Å². The van der Waals surface area contributed by atoms with Gasteiger partial charge in [-0.25, -0.2) is 4.98 Å². The molecule has 2 unspecified atom stereocenters. The molecule has 1 fully saturated rings. The van der Waals surface area contributed by atoms with Crippen LogP contribution in [0.5, 0.6) is 0 Å². The first-order valence-electron chi connectivity index (χ1n) is 6.46. The number of rotatable bonds is 5. The minimum absolute atomic E-state index is 0.611. The van der Waals surface area contributed by atoms with E-state index >= 15 is 0 Å². The van der Waals surface area contributed by atoms with E-state index in [0.29, 0.717) is 5.92 Å². The Balaban J connectivity index is 1.91. The standard InChI is InChI=1S/C13H22N2O/c1-3-14-8-7-13-15-9-12(16-13)11-6-4-5-10(11)2/h9-11,14H,3-8H2,1-2H3. The average molecular weight is 222 g/mol. The highest BCUT2D eigenvalue weighted by molar-refractivity contribution is 5.05. The van der Waals surface area contributed by atoms with Gasteiger partial charge in [-0.3, -0.25) is 0 Å². The normalized spacial score (nSPS) is 25.1. The Kier molecular flexibility index (Phi) is 3.99. The topological polar surface area (TPSA) is 38.1 Å². The molecule has 1 aliphatic carbocycles. The van der Waals surface area contributed by atoms with Gasteiger partial charge in [-0.2, -0.15) is 0 Å². The summed E-state index contributed by atoms with van der Waals surface area (Å²) in [5, 5.41) is 3.28. The maximum absolute atomic E-state index is 5.83. The molecule has 0 saturated heterocycles. The molecular formula is C13H22N2O. The molecule has 1 N–H and O–H groups in total. The predicted molar refractivity (Wildman–Crippen MR) is 64.5 cm³/mol. The second-order valence-electron chi connectivity index (χ2n) is 4.77. The molecule has 1 heterocycles. The maximum Gasteiger partial charge on any atom is 0.195 e. The molecule has 90 valence electrons. The van der Waals surface area contributed by atoms with Crippen molar-refractivity contribution in [3.63, 3.8) is 0 Å². The zero-order valence-corrected chi connectivity index (χ0v) is 10.3. The first-order valence-corrected chi connectivity index (χ1v) is 6.46. The van der Waals surface area contributed by atoms with Gasteiger partial charge in [0.05, 0.1) is 6.20 Å². The lowest BCUT2D eigenvalue weighted by atomic mass is 9.96. The third kappa shape index (κ3) is 2.64. The number of hydrogen-bond acceptors (Lipinski definition) is 3. The van der Waals surface area contributed by atoms with Crippen LogP contribution in [-0.4, -0.2) is 18.1 Å². The molecule has 2 rings (SSSR count). The van der Waals surface area contributed by atoms with Crippen molar-refractivity contribution in [1.29, 1.82) is 0 Å². The Morgan fingerprint density at radius 1 is 1.50 bits per heavy atom. The molecule has 0 aliphatic heterocycles. The molecule has 1 aromatic heterocycles. The van der Waals surface area contributed by atoms with Crippen LogP contribution in [0.15, 0.2) is 10.6 Å². The summed E-state index contributed by atoms with van der Waals surface area (Å²) in [4.78, 5) is 4.36. The zero-order valence-electron chi connectivity index (χ0n) is 10.3. The molecule has 0 amide bonds. The highest BCUT2D eigenvalue weighted by Gasteiger charge is 2.27. The number of nitrogens with one attached hydrogen (secondary N) is 1. The average Bonchev–Trinajstić information content (AvgIpc) is 2.87. The number of oxazole rings is 1. The van der Waals surface area contributed by atoms with Crippen LogP contribution in [0.1, 0.15) is 50.7 Å². The Hall–Kier alpha value is -0.830. The lowest BCUT2D eigenvalue weighted by Crippen LogP contribution is -2.16. The van der Waals surface area contributed by atoms with Crippen LogP contribution in [0.4, 0.5) is 0 Å². The van der Waals surface area contributed by atoms with Gasteiger partial charge in [0, 0.05) is 18.9 Å². The summed E-state index contributed by atoms with van der Waals surface area (Å²) < 4.78 is 5.83. The summed E-state index contributed by atoms with van der Waals surface area (Å²) in [6.07, 6.45) is 6.77. The molecule has 1 saturated carbocycles. The monoisotopic (exact) mass is 222 g/mol. The van der Waals surface area contributed by atoms with Crippen molar-refractivity contribution in [3.05, 3.63) is 17.8 Å². The summed E-state index contributed by atoms with van der Waals surface area (Å²) in [6, 6.07) is 0. The fraction of sp³-hybridized carbons (Fsp3) is 0.769. The van der Waals surface area contributed by atoms with Crippen molar-refractivity contribution in [1.82, 2.24) is 10.3 Å². The van der Waals surface area contributed by atoms with E-state index in [4.69, 9.17) is 4.42 Å². The lowest BCUT2D eigenvalue weighted by molar-refractivity contribution is 0.388. The van der Waals surface area contributed by atoms with E-state index in [-0.39, 0.29) is 0 Å². The van der Waals surface area contributed by atoms with Crippen molar-refractivity contribution in [2.24, 2.45) is 5.92 Å². The van der Waals surface area contributed by atoms with E-state index in [1.165, 1.54) is 19.3 Å². The Morgan fingerprint density at radius 2 is 2.38 bits per heavy atom. The molecule has 0 aromatic carbocycles. The van der Waals surface area contributed by atoms with Crippen molar-refractivity contribution in [3.8, 4) is 0 Å². The van der Waals surface area contributed by atoms with Gasteiger partial charge in [0.1, 0.15) is 5.76 Å². The molecular weight excluding hydrogens is 200 g/mol. The highest BCUT2D eigenvalue weighted by Crippen LogP contribution is 2.39. The summed E-state index contributed by atoms with van der Waals surface area (Å²) in [5.74, 6) is 3.36. The maximum atomic E-state index is 5.83. The number of hydrogen-bond donors (Lipinski definition) is 1. The van der Waals surface area contributed by atoms with Gasteiger partial charge >= 0.3 is 0 Å². The summed E-state index contributed by atoms with van der Waals surface area (Å²) in [5.41, 5.74) is 0. The van der Waals surface area contributed by atoms with Crippen LogP contribution in [0.3, 0.4) is 0 Å². The second-order valence-corrected chi connectivity index (χ2v) is 4.77. The fourth-order valence-electron chi connectivity index (χ4n) is 2.55. The largest absolute Gasteiger partial charge is 0.445 e. The first-order chi connectivity index (χ1) is 7.81. The van der Waals surface area contributed by atoms with E-state index in [9.17, 15) is 0 Å². The van der Waals surface area contributed by atoms with E-state index in [2.05, 4.69) is 24.1 Å². The Bertz CT molecular complexity index is 321. The molecule has 2 atom stereocenters. The molecule has 1 aliphatic rings. The summed E-state index contributed by atoms with van der Waals surface area (Å²) in [7, 11) is 0. The number of aromatic nitrogens is 1. The van der Waals surface area contributed by atoms with Gasteiger partial charge in [-0.05, 0) is 25.3 Å². The predicted octanol–water partition coefficient (Wildman–Crippen LogP) is 2.73.